The Balaban J connectivity index is 1.49. The molecule has 0 spiro atoms. The van der Waals surface area contributed by atoms with Crippen LogP contribution >= 0.6 is 0 Å². The molecule has 2 N–H and O–H groups in total. The van der Waals surface area contributed by atoms with Gasteiger partial charge in [0.2, 0.25) is 5.88 Å². The summed E-state index contributed by atoms with van der Waals surface area (Å²) in [6.45, 7) is 0. The van der Waals surface area contributed by atoms with Crippen molar-refractivity contribution in [2.75, 3.05) is 0 Å². The topological polar surface area (TPSA) is 66.0 Å². The van der Waals surface area contributed by atoms with Gasteiger partial charge in [0.1, 0.15) is 17.6 Å². The van der Waals surface area contributed by atoms with Crippen LogP contribution in [0.5, 0.6) is 11.6 Å². The first-order valence-electron chi connectivity index (χ1n) is 9.18. The second kappa shape index (κ2) is 6.21. The van der Waals surface area contributed by atoms with E-state index in [-0.39, 0.29) is 5.54 Å². The lowest BCUT2D eigenvalue weighted by molar-refractivity contribution is 0.253. The first-order chi connectivity index (χ1) is 13.2. The number of rotatable bonds is 4. The minimum atomic E-state index is -0.148. The Hall–Kier alpha value is -3.18. The average Bonchev–Trinajstić information content (AvgIpc) is 3.10. The average molecular weight is 356 g/mol. The number of nitrogens with zero attached hydrogens (tertiary/aromatic N) is 3. The van der Waals surface area contributed by atoms with Crippen LogP contribution in [0.2, 0.25) is 0 Å². The van der Waals surface area contributed by atoms with Crippen molar-refractivity contribution in [3.05, 3.63) is 78.6 Å². The molecule has 2 aromatic heterocycles. The summed E-state index contributed by atoms with van der Waals surface area (Å²) in [6.07, 6.45) is 5.11. The van der Waals surface area contributed by atoms with Gasteiger partial charge in [-0.1, -0.05) is 30.3 Å². The van der Waals surface area contributed by atoms with Gasteiger partial charge in [-0.25, -0.2) is 4.98 Å². The van der Waals surface area contributed by atoms with Gasteiger partial charge in [0.05, 0.1) is 0 Å². The summed E-state index contributed by atoms with van der Waals surface area (Å²) >= 11 is 0. The Bertz CT molecular complexity index is 1080. The van der Waals surface area contributed by atoms with Crippen molar-refractivity contribution < 1.29 is 4.74 Å². The van der Waals surface area contributed by atoms with Gasteiger partial charge < -0.3 is 10.5 Å². The maximum absolute atomic E-state index is 6.43. The molecule has 2 aromatic carbocycles. The summed E-state index contributed by atoms with van der Waals surface area (Å²) in [4.78, 5) is 9.12. The predicted molar refractivity (Wildman–Crippen MR) is 105 cm³/mol. The summed E-state index contributed by atoms with van der Waals surface area (Å²) in [7, 11) is 0. The fourth-order valence-corrected chi connectivity index (χ4v) is 3.53. The molecule has 134 valence electrons. The highest BCUT2D eigenvalue weighted by Crippen LogP contribution is 2.38. The Morgan fingerprint density at radius 2 is 1.70 bits per heavy atom. The highest BCUT2D eigenvalue weighted by molar-refractivity contribution is 5.73. The van der Waals surface area contributed by atoms with E-state index in [9.17, 15) is 0 Å². The van der Waals surface area contributed by atoms with Crippen molar-refractivity contribution in [3.63, 3.8) is 0 Å². The van der Waals surface area contributed by atoms with E-state index in [0.717, 1.165) is 35.4 Å². The van der Waals surface area contributed by atoms with Crippen LogP contribution < -0.4 is 10.5 Å². The minimum absolute atomic E-state index is 0.148. The van der Waals surface area contributed by atoms with Gasteiger partial charge in [-0.15, -0.1) is 0 Å². The van der Waals surface area contributed by atoms with E-state index in [1.54, 1.807) is 6.33 Å². The van der Waals surface area contributed by atoms with Crippen LogP contribution in [0.1, 0.15) is 24.8 Å². The molecule has 1 aliphatic rings. The molecule has 2 heterocycles. The van der Waals surface area contributed by atoms with E-state index in [4.69, 9.17) is 10.5 Å². The molecule has 0 amide bonds. The highest BCUT2D eigenvalue weighted by Gasteiger charge is 2.34. The minimum Gasteiger partial charge on any atom is -0.439 e. The van der Waals surface area contributed by atoms with E-state index in [1.165, 1.54) is 12.0 Å². The van der Waals surface area contributed by atoms with Crippen molar-refractivity contribution in [3.8, 4) is 17.3 Å². The maximum Gasteiger partial charge on any atom is 0.221 e. The first-order valence-corrected chi connectivity index (χ1v) is 9.18. The lowest BCUT2D eigenvalue weighted by atomic mass is 9.73. The number of pyridine rings is 1. The van der Waals surface area contributed by atoms with Crippen molar-refractivity contribution in [2.45, 2.75) is 24.8 Å². The molecule has 4 aromatic rings. The monoisotopic (exact) mass is 356 g/mol. The Morgan fingerprint density at radius 3 is 2.41 bits per heavy atom. The van der Waals surface area contributed by atoms with Crippen LogP contribution in [0.4, 0.5) is 0 Å². The van der Waals surface area contributed by atoms with Crippen LogP contribution in [0, 0.1) is 0 Å². The molecule has 1 aliphatic carbocycles. The molecule has 0 bridgehead atoms. The zero-order valence-corrected chi connectivity index (χ0v) is 14.9. The Labute approximate surface area is 157 Å². The summed E-state index contributed by atoms with van der Waals surface area (Å²) < 4.78 is 7.84. The zero-order valence-electron chi connectivity index (χ0n) is 14.9. The number of para-hydroxylation sites is 1. The number of nitrogens with two attached hydrogens (primary N) is 1. The summed E-state index contributed by atoms with van der Waals surface area (Å²) in [6, 6.07) is 21.8. The number of ether oxygens (including phenoxy) is 1. The number of benzene rings is 2. The number of hydrogen-bond donors (Lipinski definition) is 1. The molecular formula is C22H20N4O. The molecule has 5 heteroatoms. The van der Waals surface area contributed by atoms with Gasteiger partial charge in [-0.05, 0) is 55.2 Å². The van der Waals surface area contributed by atoms with E-state index in [0.29, 0.717) is 5.88 Å². The Morgan fingerprint density at radius 1 is 0.926 bits per heavy atom. The molecule has 0 atom stereocenters. The third kappa shape index (κ3) is 2.86. The van der Waals surface area contributed by atoms with Crippen molar-refractivity contribution >= 4 is 11.2 Å². The summed E-state index contributed by atoms with van der Waals surface area (Å²) in [5.74, 6) is 1.30. The maximum atomic E-state index is 6.43. The Kier molecular flexibility index (Phi) is 3.69. The molecule has 5 rings (SSSR count). The number of imidazole rings is 1. The third-order valence-electron chi connectivity index (χ3n) is 5.30. The van der Waals surface area contributed by atoms with Gasteiger partial charge in [0.25, 0.3) is 0 Å². The fraction of sp³-hybridized carbons (Fsp3) is 0.182. The van der Waals surface area contributed by atoms with Crippen LogP contribution in [0.25, 0.3) is 16.9 Å². The molecule has 0 radical (unpaired) electrons. The lowest BCUT2D eigenvalue weighted by Crippen LogP contribution is -2.43. The summed E-state index contributed by atoms with van der Waals surface area (Å²) in [5.41, 5.74) is 10.1. The smallest absolute Gasteiger partial charge is 0.221 e. The van der Waals surface area contributed by atoms with Crippen molar-refractivity contribution in [2.24, 2.45) is 5.73 Å². The molecule has 27 heavy (non-hydrogen) atoms. The van der Waals surface area contributed by atoms with Gasteiger partial charge in [0, 0.05) is 17.3 Å². The van der Waals surface area contributed by atoms with Gasteiger partial charge in [-0.2, -0.15) is 4.98 Å². The molecule has 0 aliphatic heterocycles. The van der Waals surface area contributed by atoms with Crippen molar-refractivity contribution in [1.82, 2.24) is 14.5 Å². The standard InChI is InChI=1S/C22H20N4O/c23-22(13-4-14-22)16-7-9-17(10-8-16)26-15-24-19-11-12-20(25-21(19)26)27-18-5-2-1-3-6-18/h1-3,5-12,15H,4,13-14,23H2. The van der Waals surface area contributed by atoms with E-state index in [1.807, 2.05) is 47.0 Å². The first kappa shape index (κ1) is 16.0. The molecule has 1 saturated carbocycles. The second-order valence-electron chi connectivity index (χ2n) is 7.08. The second-order valence-corrected chi connectivity index (χ2v) is 7.08. The van der Waals surface area contributed by atoms with Crippen LogP contribution in [-0.4, -0.2) is 14.5 Å². The number of aromatic nitrogens is 3. The molecule has 0 unspecified atom stereocenters. The van der Waals surface area contributed by atoms with Crippen molar-refractivity contribution in [1.29, 1.82) is 0 Å². The molecule has 5 nitrogen and oxygen atoms in total. The van der Waals surface area contributed by atoms with Gasteiger partial charge >= 0.3 is 0 Å². The number of hydrogen-bond acceptors (Lipinski definition) is 4. The highest BCUT2D eigenvalue weighted by atomic mass is 16.5. The molecular weight excluding hydrogens is 336 g/mol. The van der Waals surface area contributed by atoms with E-state index in [2.05, 4.69) is 34.2 Å². The van der Waals surface area contributed by atoms with Crippen LogP contribution in [0.15, 0.2) is 73.1 Å². The molecule has 0 saturated heterocycles. The third-order valence-corrected chi connectivity index (χ3v) is 5.30. The SMILES string of the molecule is NC1(c2ccc(-n3cnc4ccc(Oc5ccccc5)nc43)cc2)CCC1. The predicted octanol–water partition coefficient (Wildman–Crippen LogP) is 4.55. The number of fused-ring (bicyclic) bond motifs is 1. The lowest BCUT2D eigenvalue weighted by Gasteiger charge is -2.38. The fourth-order valence-electron chi connectivity index (χ4n) is 3.53. The van der Waals surface area contributed by atoms with Crippen LogP contribution in [-0.2, 0) is 5.54 Å². The van der Waals surface area contributed by atoms with E-state index >= 15 is 0 Å². The normalized spacial score (nSPS) is 15.4. The van der Waals surface area contributed by atoms with Crippen LogP contribution in [0.3, 0.4) is 0 Å². The molecule has 1 fully saturated rings. The van der Waals surface area contributed by atoms with Gasteiger partial charge in [0.15, 0.2) is 5.65 Å². The van der Waals surface area contributed by atoms with E-state index < -0.39 is 0 Å². The van der Waals surface area contributed by atoms with Gasteiger partial charge in [-0.3, -0.25) is 4.57 Å². The summed E-state index contributed by atoms with van der Waals surface area (Å²) in [5, 5.41) is 0. The quantitative estimate of drug-likeness (QED) is 0.582. The zero-order chi connectivity index (χ0) is 18.3. The largest absolute Gasteiger partial charge is 0.439 e.